The Morgan fingerprint density at radius 2 is 2.25 bits per heavy atom. The number of likely N-dealkylation sites (N-methyl/N-ethyl adjacent to an activating group) is 1. The predicted molar refractivity (Wildman–Crippen MR) is 67.1 cm³/mol. The minimum absolute atomic E-state index is 0.365. The lowest BCUT2D eigenvalue weighted by Crippen LogP contribution is -2.27. The third-order valence-electron chi connectivity index (χ3n) is 2.41. The zero-order chi connectivity index (χ0) is 11.7. The highest BCUT2D eigenvalue weighted by Gasteiger charge is 2.12. The molecule has 2 aromatic heterocycles. The fourth-order valence-electron chi connectivity index (χ4n) is 1.71. The summed E-state index contributed by atoms with van der Waals surface area (Å²) in [7, 11) is 1.93. The first-order valence-corrected chi connectivity index (χ1v) is 6.05. The number of aromatic nitrogens is 2. The summed E-state index contributed by atoms with van der Waals surface area (Å²) < 4.78 is 1.09. The Kier molecular flexibility index (Phi) is 3.07. The molecule has 1 atom stereocenters. The van der Waals surface area contributed by atoms with Crippen molar-refractivity contribution in [2.75, 3.05) is 18.5 Å². The van der Waals surface area contributed by atoms with Gasteiger partial charge in [-0.1, -0.05) is 0 Å². The van der Waals surface area contributed by atoms with Crippen LogP contribution in [-0.4, -0.2) is 34.8 Å². The number of fused-ring (bicyclic) bond motifs is 1. The van der Waals surface area contributed by atoms with Gasteiger partial charge in [-0.15, -0.1) is 11.3 Å². The van der Waals surface area contributed by atoms with E-state index in [4.69, 9.17) is 0 Å². The molecule has 16 heavy (non-hydrogen) atoms. The Balaban J connectivity index is 2.44. The van der Waals surface area contributed by atoms with E-state index in [1.54, 1.807) is 24.6 Å². The first-order valence-electron chi connectivity index (χ1n) is 5.17. The molecule has 0 radical (unpaired) electrons. The van der Waals surface area contributed by atoms with Gasteiger partial charge in [0, 0.05) is 13.6 Å². The van der Waals surface area contributed by atoms with Crippen molar-refractivity contribution in [1.82, 2.24) is 9.97 Å². The van der Waals surface area contributed by atoms with E-state index in [2.05, 4.69) is 15.3 Å². The minimum Gasteiger partial charge on any atom is -0.392 e. The zero-order valence-corrected chi connectivity index (χ0v) is 10.5. The molecule has 1 unspecified atom stereocenters. The molecule has 0 spiro atoms. The van der Waals surface area contributed by atoms with Crippen LogP contribution in [0.4, 0.5) is 5.82 Å². The average Bonchev–Trinajstić information content (AvgIpc) is 2.59. The van der Waals surface area contributed by atoms with Gasteiger partial charge in [-0.05, 0) is 24.8 Å². The summed E-state index contributed by atoms with van der Waals surface area (Å²) in [6.07, 6.45) is 1.21. The van der Waals surface area contributed by atoms with Crippen LogP contribution in [0.1, 0.15) is 12.5 Å². The molecular weight excluding hydrogens is 222 g/mol. The molecule has 0 aliphatic heterocycles. The molecule has 2 aromatic rings. The Bertz CT molecular complexity index is 495. The number of hydrogen-bond donors (Lipinski definition) is 1. The normalized spacial score (nSPS) is 13.0. The maximum Gasteiger partial charge on any atom is 0.149 e. The van der Waals surface area contributed by atoms with E-state index >= 15 is 0 Å². The van der Waals surface area contributed by atoms with E-state index in [1.807, 2.05) is 18.9 Å². The van der Waals surface area contributed by atoms with Crippen molar-refractivity contribution >= 4 is 27.4 Å². The number of aryl methyl sites for hydroxylation is 1. The maximum absolute atomic E-state index is 9.38. The predicted octanol–water partition coefficient (Wildman–Crippen LogP) is 1.82. The van der Waals surface area contributed by atoms with Crippen LogP contribution in [0.3, 0.4) is 0 Å². The molecule has 0 aromatic carbocycles. The number of aliphatic hydroxyl groups is 1. The lowest BCUT2D eigenvalue weighted by Gasteiger charge is -2.19. The second-order valence-corrected chi connectivity index (χ2v) is 4.90. The number of rotatable bonds is 3. The summed E-state index contributed by atoms with van der Waals surface area (Å²) in [6.45, 7) is 4.39. The van der Waals surface area contributed by atoms with Crippen LogP contribution < -0.4 is 4.90 Å². The van der Waals surface area contributed by atoms with Crippen LogP contribution in [0.5, 0.6) is 0 Å². The monoisotopic (exact) mass is 237 g/mol. The molecule has 2 rings (SSSR count). The van der Waals surface area contributed by atoms with E-state index in [0.29, 0.717) is 6.54 Å². The molecule has 4 nitrogen and oxygen atoms in total. The van der Waals surface area contributed by atoms with Gasteiger partial charge in [0.2, 0.25) is 0 Å². The third-order valence-corrected chi connectivity index (χ3v) is 3.49. The number of anilines is 1. The van der Waals surface area contributed by atoms with Gasteiger partial charge in [-0.2, -0.15) is 0 Å². The van der Waals surface area contributed by atoms with Crippen LogP contribution >= 0.6 is 11.3 Å². The first-order chi connectivity index (χ1) is 7.59. The average molecular weight is 237 g/mol. The molecule has 0 bridgehead atoms. The zero-order valence-electron chi connectivity index (χ0n) is 9.64. The van der Waals surface area contributed by atoms with E-state index in [1.165, 1.54) is 5.56 Å². The van der Waals surface area contributed by atoms with Crippen molar-refractivity contribution < 1.29 is 5.11 Å². The highest BCUT2D eigenvalue weighted by molar-refractivity contribution is 7.18. The molecule has 1 N–H and O–H groups in total. The van der Waals surface area contributed by atoms with Gasteiger partial charge in [-0.3, -0.25) is 0 Å². The summed E-state index contributed by atoms with van der Waals surface area (Å²) in [5, 5.41) is 11.5. The fraction of sp³-hybridized carbons (Fsp3) is 0.455. The van der Waals surface area contributed by atoms with Gasteiger partial charge in [0.05, 0.1) is 16.3 Å². The number of nitrogens with zero attached hydrogens (tertiary/aromatic N) is 3. The second-order valence-electron chi connectivity index (χ2n) is 4.02. The van der Waals surface area contributed by atoms with Gasteiger partial charge in [0.1, 0.15) is 12.1 Å². The lowest BCUT2D eigenvalue weighted by molar-refractivity contribution is 0.201. The summed E-state index contributed by atoms with van der Waals surface area (Å²) in [4.78, 5) is 10.5. The Morgan fingerprint density at radius 1 is 1.50 bits per heavy atom. The smallest absolute Gasteiger partial charge is 0.149 e. The first kappa shape index (κ1) is 11.3. The van der Waals surface area contributed by atoms with Crippen LogP contribution in [0.25, 0.3) is 10.2 Å². The van der Waals surface area contributed by atoms with Gasteiger partial charge < -0.3 is 10.0 Å². The van der Waals surface area contributed by atoms with Crippen LogP contribution in [-0.2, 0) is 0 Å². The highest BCUT2D eigenvalue weighted by Crippen LogP contribution is 2.30. The van der Waals surface area contributed by atoms with E-state index in [9.17, 15) is 5.11 Å². The quantitative estimate of drug-likeness (QED) is 0.884. The van der Waals surface area contributed by atoms with Gasteiger partial charge in [0.15, 0.2) is 0 Å². The molecule has 86 valence electrons. The van der Waals surface area contributed by atoms with Gasteiger partial charge in [0.25, 0.3) is 0 Å². The highest BCUT2D eigenvalue weighted by atomic mass is 32.1. The SMILES string of the molecule is Cc1csc2c(N(C)CC(C)O)ncnc12. The summed E-state index contributed by atoms with van der Waals surface area (Å²) in [5.41, 5.74) is 2.18. The Labute approximate surface area is 98.6 Å². The van der Waals surface area contributed by atoms with Gasteiger partial charge in [-0.25, -0.2) is 9.97 Å². The van der Waals surface area contributed by atoms with Crippen molar-refractivity contribution in [3.63, 3.8) is 0 Å². The summed E-state index contributed by atoms with van der Waals surface area (Å²) >= 11 is 1.65. The molecule has 0 saturated carbocycles. The van der Waals surface area contributed by atoms with Gasteiger partial charge >= 0.3 is 0 Å². The molecule has 0 fully saturated rings. The number of aliphatic hydroxyl groups excluding tert-OH is 1. The van der Waals surface area contributed by atoms with Crippen molar-refractivity contribution in [2.24, 2.45) is 0 Å². The van der Waals surface area contributed by atoms with Crippen molar-refractivity contribution in [1.29, 1.82) is 0 Å². The molecule has 0 saturated heterocycles. The fourth-order valence-corrected chi connectivity index (χ4v) is 2.76. The third kappa shape index (κ3) is 2.01. The van der Waals surface area contributed by atoms with Crippen LogP contribution in [0.15, 0.2) is 11.7 Å². The molecular formula is C11H15N3OS. The Hall–Kier alpha value is -1.20. The number of thiophene rings is 1. The standard InChI is InChI=1S/C11H15N3OS/c1-7-5-16-10-9(7)12-6-13-11(10)14(3)4-8(2)15/h5-6,8,15H,4H2,1-3H3. The van der Waals surface area contributed by atoms with Crippen LogP contribution in [0.2, 0.25) is 0 Å². The summed E-state index contributed by atoms with van der Waals surface area (Å²) in [5.74, 6) is 0.893. The van der Waals surface area contributed by atoms with E-state index < -0.39 is 0 Å². The van der Waals surface area contributed by atoms with Crippen molar-refractivity contribution in [3.05, 3.63) is 17.3 Å². The molecule has 0 aliphatic carbocycles. The minimum atomic E-state index is -0.365. The second kappa shape index (κ2) is 4.35. The number of hydrogen-bond acceptors (Lipinski definition) is 5. The molecule has 2 heterocycles. The Morgan fingerprint density at radius 3 is 2.94 bits per heavy atom. The molecule has 0 aliphatic rings. The molecule has 0 amide bonds. The van der Waals surface area contributed by atoms with Crippen LogP contribution in [0, 0.1) is 6.92 Å². The topological polar surface area (TPSA) is 49.2 Å². The maximum atomic E-state index is 9.38. The summed E-state index contributed by atoms with van der Waals surface area (Å²) in [6, 6.07) is 0. The van der Waals surface area contributed by atoms with E-state index in [-0.39, 0.29) is 6.10 Å². The largest absolute Gasteiger partial charge is 0.392 e. The van der Waals surface area contributed by atoms with E-state index in [0.717, 1.165) is 16.0 Å². The van der Waals surface area contributed by atoms with Crippen molar-refractivity contribution in [2.45, 2.75) is 20.0 Å². The molecule has 5 heteroatoms. The lowest BCUT2D eigenvalue weighted by atomic mass is 10.3. The van der Waals surface area contributed by atoms with Crippen molar-refractivity contribution in [3.8, 4) is 0 Å².